The topological polar surface area (TPSA) is 68.6 Å². The predicted molar refractivity (Wildman–Crippen MR) is 122 cm³/mol. The zero-order valence-electron chi connectivity index (χ0n) is 18.1. The number of aryl methyl sites for hydroxylation is 3. The molecule has 4 rings (SSSR count). The van der Waals surface area contributed by atoms with Crippen molar-refractivity contribution in [1.29, 1.82) is 0 Å². The van der Waals surface area contributed by atoms with Crippen LogP contribution < -0.4 is 10.2 Å². The predicted octanol–water partition coefficient (Wildman–Crippen LogP) is 4.73. The summed E-state index contributed by atoms with van der Waals surface area (Å²) in [5, 5.41) is 0. The molecule has 1 aromatic heterocycles. The number of aliphatic imine (C=N–C) groups is 1. The van der Waals surface area contributed by atoms with E-state index in [0.29, 0.717) is 35.5 Å². The normalized spacial score (nSPS) is 15.7. The smallest absolute Gasteiger partial charge is 0.175 e. The summed E-state index contributed by atoms with van der Waals surface area (Å²) in [6.45, 7) is 10.4. The van der Waals surface area contributed by atoms with Crippen LogP contribution in [-0.4, -0.2) is 28.5 Å². The van der Waals surface area contributed by atoms with Crippen LogP contribution in [0.25, 0.3) is 6.08 Å². The van der Waals surface area contributed by atoms with Crippen LogP contribution in [0, 0.1) is 20.8 Å². The highest BCUT2D eigenvalue weighted by atomic mass is 16.6. The zero-order valence-corrected chi connectivity index (χ0v) is 18.1. The largest absolute Gasteiger partial charge is 0.453 e. The Labute approximate surface area is 182 Å². The number of nitrogens with one attached hydrogen (secondary N) is 1. The van der Waals surface area contributed by atoms with E-state index in [2.05, 4.69) is 54.1 Å². The van der Waals surface area contributed by atoms with E-state index in [4.69, 9.17) is 14.6 Å². The molecule has 0 aliphatic carbocycles. The second-order valence-electron chi connectivity index (χ2n) is 7.69. The summed E-state index contributed by atoms with van der Waals surface area (Å²) in [5.74, 6) is 2.36. The number of hydrogen-bond donors (Lipinski definition) is 1. The number of benzene rings is 2. The van der Waals surface area contributed by atoms with Gasteiger partial charge in [-0.25, -0.2) is 15.4 Å². The molecule has 0 saturated heterocycles. The van der Waals surface area contributed by atoms with Gasteiger partial charge in [0.25, 0.3) is 0 Å². The van der Waals surface area contributed by atoms with Gasteiger partial charge >= 0.3 is 0 Å². The molecule has 0 amide bonds. The second kappa shape index (κ2) is 9.10. The van der Waals surface area contributed by atoms with Crippen molar-refractivity contribution in [3.63, 3.8) is 0 Å². The molecule has 6 nitrogen and oxygen atoms in total. The minimum atomic E-state index is -0.0233. The van der Waals surface area contributed by atoms with Gasteiger partial charge < -0.3 is 4.74 Å². The van der Waals surface area contributed by atoms with Crippen LogP contribution in [-0.2, 0) is 11.3 Å². The van der Waals surface area contributed by atoms with E-state index < -0.39 is 0 Å². The Morgan fingerprint density at radius 2 is 2.06 bits per heavy atom. The van der Waals surface area contributed by atoms with E-state index >= 15 is 0 Å². The molecule has 0 spiro atoms. The Hall–Kier alpha value is -3.51. The van der Waals surface area contributed by atoms with E-state index in [1.54, 1.807) is 12.3 Å². The number of aromatic nitrogens is 2. The Kier molecular flexibility index (Phi) is 6.09. The fourth-order valence-corrected chi connectivity index (χ4v) is 3.53. The lowest BCUT2D eigenvalue weighted by Gasteiger charge is -2.23. The number of ether oxygens (including phenoxy) is 1. The Morgan fingerprint density at radius 1 is 1.19 bits per heavy atom. The Bertz CT molecular complexity index is 1140. The van der Waals surface area contributed by atoms with Gasteiger partial charge in [0.2, 0.25) is 0 Å². The molecule has 0 unspecified atom stereocenters. The maximum atomic E-state index is 6.10. The lowest BCUT2D eigenvalue weighted by molar-refractivity contribution is 0.0621. The minimum absolute atomic E-state index is 0.0233. The summed E-state index contributed by atoms with van der Waals surface area (Å²) in [7, 11) is 0. The number of hydroxylamine groups is 1. The summed E-state index contributed by atoms with van der Waals surface area (Å²) in [6.07, 6.45) is 4.23. The summed E-state index contributed by atoms with van der Waals surface area (Å²) < 4.78 is 6.10. The van der Waals surface area contributed by atoms with Gasteiger partial charge in [0.15, 0.2) is 17.3 Å². The third-order valence-corrected chi connectivity index (χ3v) is 5.13. The van der Waals surface area contributed by atoms with Crippen molar-refractivity contribution in [2.75, 3.05) is 6.61 Å². The van der Waals surface area contributed by atoms with Crippen molar-refractivity contribution in [3.05, 3.63) is 89.0 Å². The number of nitrogens with zero attached hydrogens (tertiary/aromatic N) is 3. The highest BCUT2D eigenvalue weighted by molar-refractivity contribution is 5.99. The third-order valence-electron chi connectivity index (χ3n) is 5.13. The van der Waals surface area contributed by atoms with Crippen molar-refractivity contribution in [2.45, 2.75) is 33.2 Å². The van der Waals surface area contributed by atoms with Gasteiger partial charge in [0.05, 0.1) is 18.8 Å². The molecule has 2 heterocycles. The molecule has 158 valence electrons. The molecule has 0 saturated carbocycles. The molecule has 1 aliphatic heterocycles. The van der Waals surface area contributed by atoms with E-state index in [1.807, 2.05) is 31.2 Å². The molecule has 0 bridgehead atoms. The van der Waals surface area contributed by atoms with Crippen LogP contribution in [0.4, 0.5) is 0 Å². The summed E-state index contributed by atoms with van der Waals surface area (Å²) in [5.41, 5.74) is 8.24. The van der Waals surface area contributed by atoms with Gasteiger partial charge in [-0.3, -0.25) is 9.83 Å². The standard InChI is InChI=1S/C25H26N4O2/c1-5-19-7-6-8-22(12-19)31-23-14-26-18(4)27-24(23)25-28-21(15-30-29-25)13-20-10-9-16(2)11-17(20)3/h5-12,14,21H,1,13,15H2,2-4H3,(H,28,29)/t21-/m1/s1. The average Bonchev–Trinajstić information content (AvgIpc) is 2.77. The molecule has 0 radical (unpaired) electrons. The van der Waals surface area contributed by atoms with Crippen molar-refractivity contribution in [2.24, 2.45) is 4.99 Å². The molecule has 1 N–H and O–H groups in total. The van der Waals surface area contributed by atoms with E-state index in [0.717, 1.165) is 12.0 Å². The molecule has 1 atom stereocenters. The lowest BCUT2D eigenvalue weighted by Crippen LogP contribution is -2.37. The van der Waals surface area contributed by atoms with Gasteiger partial charge in [-0.1, -0.05) is 48.6 Å². The van der Waals surface area contributed by atoms with Gasteiger partial charge in [-0.2, -0.15) is 0 Å². The molecular weight excluding hydrogens is 388 g/mol. The molecule has 31 heavy (non-hydrogen) atoms. The van der Waals surface area contributed by atoms with Crippen LogP contribution in [0.1, 0.15) is 33.8 Å². The SMILES string of the molecule is C=Cc1cccc(Oc2cnc(C)nc2C2=N[C@H](Cc3ccc(C)cc3C)CON2)c1. The Morgan fingerprint density at radius 3 is 2.87 bits per heavy atom. The monoisotopic (exact) mass is 414 g/mol. The third kappa shape index (κ3) is 4.98. The van der Waals surface area contributed by atoms with E-state index in [9.17, 15) is 0 Å². The maximum absolute atomic E-state index is 6.10. The zero-order chi connectivity index (χ0) is 21.8. The first-order chi connectivity index (χ1) is 15.0. The highest BCUT2D eigenvalue weighted by Gasteiger charge is 2.22. The van der Waals surface area contributed by atoms with Gasteiger partial charge in [0, 0.05) is 0 Å². The molecule has 1 aliphatic rings. The molecule has 3 aromatic rings. The van der Waals surface area contributed by atoms with Crippen LogP contribution in [0.5, 0.6) is 11.5 Å². The number of hydrogen-bond acceptors (Lipinski definition) is 6. The van der Waals surface area contributed by atoms with Crippen LogP contribution in [0.2, 0.25) is 0 Å². The van der Waals surface area contributed by atoms with Crippen molar-refractivity contribution in [1.82, 2.24) is 15.4 Å². The van der Waals surface area contributed by atoms with Crippen molar-refractivity contribution < 1.29 is 9.57 Å². The van der Waals surface area contributed by atoms with Gasteiger partial charge in [0.1, 0.15) is 11.6 Å². The fourth-order valence-electron chi connectivity index (χ4n) is 3.53. The van der Waals surface area contributed by atoms with Crippen LogP contribution in [0.3, 0.4) is 0 Å². The van der Waals surface area contributed by atoms with Gasteiger partial charge in [-0.05, 0) is 56.0 Å². The fraction of sp³-hybridized carbons (Fsp3) is 0.240. The summed E-state index contributed by atoms with van der Waals surface area (Å²) in [4.78, 5) is 19.4. The van der Waals surface area contributed by atoms with E-state index in [-0.39, 0.29) is 6.04 Å². The molecule has 0 fully saturated rings. The molecular formula is C25H26N4O2. The first-order valence-electron chi connectivity index (χ1n) is 10.3. The quantitative estimate of drug-likeness (QED) is 0.632. The molecule has 2 aromatic carbocycles. The number of rotatable bonds is 6. The minimum Gasteiger partial charge on any atom is -0.453 e. The summed E-state index contributed by atoms with van der Waals surface area (Å²) >= 11 is 0. The van der Waals surface area contributed by atoms with E-state index in [1.165, 1.54) is 16.7 Å². The average molecular weight is 415 g/mol. The molecule has 6 heteroatoms. The van der Waals surface area contributed by atoms with Gasteiger partial charge in [-0.15, -0.1) is 0 Å². The maximum Gasteiger partial charge on any atom is 0.175 e. The van der Waals surface area contributed by atoms with Crippen LogP contribution in [0.15, 0.2) is 60.2 Å². The first kappa shape index (κ1) is 20.8. The second-order valence-corrected chi connectivity index (χ2v) is 7.69. The van der Waals surface area contributed by atoms with Crippen molar-refractivity contribution >= 4 is 11.9 Å². The first-order valence-corrected chi connectivity index (χ1v) is 10.3. The lowest BCUT2D eigenvalue weighted by atomic mass is 9.99. The Balaban J connectivity index is 1.62. The van der Waals surface area contributed by atoms with Crippen molar-refractivity contribution in [3.8, 4) is 11.5 Å². The number of amidine groups is 1. The summed E-state index contributed by atoms with van der Waals surface area (Å²) in [6, 6.07) is 14.1. The highest BCUT2D eigenvalue weighted by Crippen LogP contribution is 2.26. The van der Waals surface area contributed by atoms with Crippen LogP contribution >= 0.6 is 0 Å².